The molecule has 0 aliphatic rings. The van der Waals surface area contributed by atoms with Crippen molar-refractivity contribution in [3.63, 3.8) is 0 Å². The average Bonchev–Trinajstić information content (AvgIpc) is 1.69. The minimum Gasteiger partial charge on any atom is -0.449 e. The van der Waals surface area contributed by atoms with Gasteiger partial charge in [-0.25, -0.2) is 0 Å². The van der Waals surface area contributed by atoms with Gasteiger partial charge in [0.05, 0.1) is 0 Å². The predicted octanol–water partition coefficient (Wildman–Crippen LogP) is 1.07. The van der Waals surface area contributed by atoms with Gasteiger partial charge in [-0.05, 0) is 0 Å². The Hall–Kier alpha value is 0.124. The monoisotopic (exact) mass is 181 g/mol. The SMILES string of the molecule is Nc1c[c-]ccc1.[Y+3]. The summed E-state index contributed by atoms with van der Waals surface area (Å²) in [5.41, 5.74) is 6.09. The second-order valence-electron chi connectivity index (χ2n) is 1.34. The summed E-state index contributed by atoms with van der Waals surface area (Å²) in [7, 11) is 0. The molecule has 2 N–H and O–H groups in total. The zero-order chi connectivity index (χ0) is 5.11. The normalized spacial score (nSPS) is 7.50. The fourth-order valence-corrected chi connectivity index (χ4v) is 0.407. The van der Waals surface area contributed by atoms with Crippen LogP contribution in [0.2, 0.25) is 0 Å². The van der Waals surface area contributed by atoms with Gasteiger partial charge in [0.15, 0.2) is 0 Å². The van der Waals surface area contributed by atoms with E-state index in [9.17, 15) is 0 Å². The van der Waals surface area contributed by atoms with Crippen molar-refractivity contribution in [3.05, 3.63) is 30.3 Å². The number of hydrogen-bond acceptors (Lipinski definition) is 1. The summed E-state index contributed by atoms with van der Waals surface area (Å²) in [4.78, 5) is 0. The van der Waals surface area contributed by atoms with E-state index in [-0.39, 0.29) is 32.7 Å². The molecule has 0 aliphatic carbocycles. The summed E-state index contributed by atoms with van der Waals surface area (Å²) >= 11 is 0. The van der Waals surface area contributed by atoms with Crippen molar-refractivity contribution in [2.75, 3.05) is 5.73 Å². The summed E-state index contributed by atoms with van der Waals surface area (Å²) in [6.07, 6.45) is 0. The Bertz CT molecular complexity index is 138. The van der Waals surface area contributed by atoms with Crippen molar-refractivity contribution in [1.29, 1.82) is 0 Å². The first-order valence-corrected chi connectivity index (χ1v) is 2.11. The Morgan fingerprint density at radius 1 is 1.50 bits per heavy atom. The van der Waals surface area contributed by atoms with Crippen molar-refractivity contribution < 1.29 is 32.7 Å². The van der Waals surface area contributed by atoms with E-state index in [0.29, 0.717) is 0 Å². The van der Waals surface area contributed by atoms with Crippen LogP contribution in [0.3, 0.4) is 0 Å². The third kappa shape index (κ3) is 2.44. The first-order chi connectivity index (χ1) is 3.39. The molecule has 0 saturated carbocycles. The number of rotatable bonds is 0. The second kappa shape index (κ2) is 4.05. The number of nitrogen functional groups attached to an aromatic ring is 1. The molecule has 1 rings (SSSR count). The van der Waals surface area contributed by atoms with Gasteiger partial charge in [0.1, 0.15) is 0 Å². The largest absolute Gasteiger partial charge is 3.00 e. The Labute approximate surface area is 74.2 Å². The Balaban J connectivity index is 0.000000490. The standard InChI is InChI=1S/C6H6N.Y/c7-6-4-2-1-3-5-6;/h1-2,4-5H,7H2;/q-1;+3. The van der Waals surface area contributed by atoms with E-state index in [1.807, 2.05) is 18.2 Å². The van der Waals surface area contributed by atoms with Crippen molar-refractivity contribution in [2.45, 2.75) is 0 Å². The first kappa shape index (κ1) is 8.12. The van der Waals surface area contributed by atoms with Crippen LogP contribution in [0.25, 0.3) is 0 Å². The van der Waals surface area contributed by atoms with Crippen LogP contribution in [-0.4, -0.2) is 0 Å². The molecule has 0 spiro atoms. The number of nitrogens with two attached hydrogens (primary N) is 1. The molecular formula is C6H6NY+2. The van der Waals surface area contributed by atoms with Crippen molar-refractivity contribution in [3.8, 4) is 0 Å². The van der Waals surface area contributed by atoms with Gasteiger partial charge in [0.25, 0.3) is 0 Å². The second-order valence-corrected chi connectivity index (χ2v) is 1.34. The molecule has 1 aromatic rings. The average molecular weight is 181 g/mol. The van der Waals surface area contributed by atoms with Crippen molar-refractivity contribution in [1.82, 2.24) is 0 Å². The minimum absolute atomic E-state index is 0. The molecule has 0 atom stereocenters. The van der Waals surface area contributed by atoms with Crippen LogP contribution in [-0.2, 0) is 32.7 Å². The van der Waals surface area contributed by atoms with Crippen molar-refractivity contribution >= 4 is 5.69 Å². The Morgan fingerprint density at radius 2 is 2.25 bits per heavy atom. The fourth-order valence-electron chi connectivity index (χ4n) is 0.407. The van der Waals surface area contributed by atoms with Crippen LogP contribution < -0.4 is 5.73 Å². The molecule has 0 bridgehead atoms. The van der Waals surface area contributed by atoms with E-state index < -0.39 is 0 Å². The van der Waals surface area contributed by atoms with Crippen LogP contribution in [0, 0.1) is 6.07 Å². The molecule has 0 saturated heterocycles. The van der Waals surface area contributed by atoms with Gasteiger partial charge in [-0.2, -0.15) is 30.3 Å². The molecule has 0 radical (unpaired) electrons. The number of anilines is 1. The summed E-state index contributed by atoms with van der Waals surface area (Å²) < 4.78 is 0. The molecule has 0 fully saturated rings. The van der Waals surface area contributed by atoms with Gasteiger partial charge in [-0.3, -0.25) is 0 Å². The van der Waals surface area contributed by atoms with Crippen LogP contribution in [0.15, 0.2) is 24.3 Å². The van der Waals surface area contributed by atoms with E-state index >= 15 is 0 Å². The molecule has 0 heterocycles. The zero-order valence-corrected chi connectivity index (χ0v) is 7.30. The maximum Gasteiger partial charge on any atom is 3.00 e. The third-order valence-electron chi connectivity index (χ3n) is 0.731. The van der Waals surface area contributed by atoms with Gasteiger partial charge >= 0.3 is 32.7 Å². The molecule has 0 aromatic heterocycles. The maximum absolute atomic E-state index is 5.33. The molecule has 36 valence electrons. The molecular weight excluding hydrogens is 175 g/mol. The Morgan fingerprint density at radius 3 is 2.50 bits per heavy atom. The van der Waals surface area contributed by atoms with Gasteiger partial charge < -0.3 is 5.73 Å². The smallest absolute Gasteiger partial charge is 0.449 e. The van der Waals surface area contributed by atoms with E-state index in [1.165, 1.54) is 0 Å². The molecule has 2 heteroatoms. The summed E-state index contributed by atoms with van der Waals surface area (Å²) in [6.45, 7) is 0. The molecule has 0 aliphatic heterocycles. The third-order valence-corrected chi connectivity index (χ3v) is 0.731. The fraction of sp³-hybridized carbons (Fsp3) is 0. The maximum atomic E-state index is 5.33. The Kier molecular flexibility index (Phi) is 4.11. The summed E-state index contributed by atoms with van der Waals surface area (Å²) in [5.74, 6) is 0. The minimum atomic E-state index is 0. The molecule has 1 nitrogen and oxygen atoms in total. The van der Waals surface area contributed by atoms with E-state index in [0.717, 1.165) is 5.69 Å². The van der Waals surface area contributed by atoms with Crippen LogP contribution in [0.1, 0.15) is 0 Å². The summed E-state index contributed by atoms with van der Waals surface area (Å²) in [5, 5.41) is 0. The molecule has 1 aromatic carbocycles. The van der Waals surface area contributed by atoms with Crippen molar-refractivity contribution in [2.24, 2.45) is 0 Å². The van der Waals surface area contributed by atoms with Gasteiger partial charge in [0, 0.05) is 0 Å². The number of hydrogen-bond donors (Lipinski definition) is 1. The van der Waals surface area contributed by atoms with Crippen LogP contribution >= 0.6 is 0 Å². The van der Waals surface area contributed by atoms with E-state index in [2.05, 4.69) is 6.07 Å². The predicted molar refractivity (Wildman–Crippen MR) is 29.7 cm³/mol. The molecule has 0 amide bonds. The van der Waals surface area contributed by atoms with Gasteiger partial charge in [-0.15, -0.1) is 0 Å². The topological polar surface area (TPSA) is 26.0 Å². The first-order valence-electron chi connectivity index (χ1n) is 2.11. The van der Waals surface area contributed by atoms with Crippen LogP contribution in [0.4, 0.5) is 5.69 Å². The van der Waals surface area contributed by atoms with Gasteiger partial charge in [0.2, 0.25) is 0 Å². The zero-order valence-electron chi connectivity index (χ0n) is 4.46. The van der Waals surface area contributed by atoms with E-state index in [4.69, 9.17) is 5.73 Å². The summed E-state index contributed by atoms with van der Waals surface area (Å²) in [6, 6.07) is 10.1. The van der Waals surface area contributed by atoms with Gasteiger partial charge in [-0.1, -0.05) is 5.69 Å². The van der Waals surface area contributed by atoms with Crippen LogP contribution in [0.5, 0.6) is 0 Å². The molecule has 8 heavy (non-hydrogen) atoms. The number of benzene rings is 1. The molecule has 0 unspecified atom stereocenters. The quantitative estimate of drug-likeness (QED) is 0.470. The van der Waals surface area contributed by atoms with E-state index in [1.54, 1.807) is 6.07 Å².